The van der Waals surface area contributed by atoms with Gasteiger partial charge in [0.05, 0.1) is 12.1 Å². The average Bonchev–Trinajstić information content (AvgIpc) is 3.17. The summed E-state index contributed by atoms with van der Waals surface area (Å²) in [5, 5.41) is 15.9. The van der Waals surface area contributed by atoms with Crippen molar-refractivity contribution in [2.24, 2.45) is 5.73 Å². The summed E-state index contributed by atoms with van der Waals surface area (Å²) in [5.41, 5.74) is 5.80. The van der Waals surface area contributed by atoms with Crippen LogP contribution in [0, 0.1) is 5.41 Å². The molecule has 6 N–H and O–H groups in total. The molecule has 1 aromatic carbocycles. The van der Waals surface area contributed by atoms with Gasteiger partial charge in [-0.1, -0.05) is 18.2 Å². The van der Waals surface area contributed by atoms with E-state index in [1.54, 1.807) is 46.0 Å². The normalized spacial score (nSPS) is 12.8. The minimum Gasteiger partial charge on any atom is -0.464 e. The Morgan fingerprint density at radius 2 is 1.86 bits per heavy atom. The standard InChI is InChI=1S/C25H36N6O6/c1-5-36-22(34)18(10-8-12-28-23(26)27)29-21(33)19(30-24(35)37-25(2,3)4)13-16-14-31(15-32)20-11-7-6-9-17(16)20/h6-7,9,11,14-15,18-19H,5,8,10,12-13H2,1-4H3,(H,29,33)(H,30,35)(H4,26,27,28). The van der Waals surface area contributed by atoms with E-state index in [0.29, 0.717) is 30.5 Å². The molecule has 0 spiro atoms. The van der Waals surface area contributed by atoms with Gasteiger partial charge in [0, 0.05) is 24.5 Å². The first-order chi connectivity index (χ1) is 17.4. The van der Waals surface area contributed by atoms with Gasteiger partial charge in [-0.25, -0.2) is 9.59 Å². The molecular weight excluding hydrogens is 480 g/mol. The summed E-state index contributed by atoms with van der Waals surface area (Å²) in [4.78, 5) is 50.1. The smallest absolute Gasteiger partial charge is 0.408 e. The largest absolute Gasteiger partial charge is 0.464 e. The van der Waals surface area contributed by atoms with Crippen LogP contribution in [0.15, 0.2) is 30.5 Å². The summed E-state index contributed by atoms with van der Waals surface area (Å²) in [7, 11) is 0. The summed E-state index contributed by atoms with van der Waals surface area (Å²) in [6.45, 7) is 7.21. The number of nitrogens with one attached hydrogen (secondary N) is 4. The van der Waals surface area contributed by atoms with Gasteiger partial charge < -0.3 is 31.2 Å². The molecule has 12 heteroatoms. The molecule has 0 saturated heterocycles. The molecule has 2 atom stereocenters. The van der Waals surface area contributed by atoms with Gasteiger partial charge in [-0.05, 0) is 52.2 Å². The number of hydrogen-bond donors (Lipinski definition) is 5. The Kier molecular flexibility index (Phi) is 10.5. The van der Waals surface area contributed by atoms with Gasteiger partial charge in [-0.2, -0.15) is 0 Å². The quantitative estimate of drug-likeness (QED) is 0.0924. The molecule has 2 unspecified atom stereocenters. The fourth-order valence-corrected chi connectivity index (χ4v) is 3.70. The van der Waals surface area contributed by atoms with E-state index >= 15 is 0 Å². The van der Waals surface area contributed by atoms with Crippen LogP contribution in [0.2, 0.25) is 0 Å². The molecule has 37 heavy (non-hydrogen) atoms. The van der Waals surface area contributed by atoms with Crippen LogP contribution in [0.4, 0.5) is 4.79 Å². The van der Waals surface area contributed by atoms with E-state index in [2.05, 4.69) is 16.0 Å². The highest BCUT2D eigenvalue weighted by Gasteiger charge is 2.30. The summed E-state index contributed by atoms with van der Waals surface area (Å²) < 4.78 is 11.8. The van der Waals surface area contributed by atoms with Gasteiger partial charge in [0.1, 0.15) is 17.7 Å². The van der Waals surface area contributed by atoms with E-state index in [0.717, 1.165) is 5.39 Å². The van der Waals surface area contributed by atoms with E-state index in [4.69, 9.17) is 20.6 Å². The van der Waals surface area contributed by atoms with Crippen molar-refractivity contribution in [2.45, 2.75) is 64.6 Å². The first kappa shape index (κ1) is 29.1. The maximum absolute atomic E-state index is 13.4. The van der Waals surface area contributed by atoms with Crippen molar-refractivity contribution in [3.05, 3.63) is 36.0 Å². The Labute approximate surface area is 215 Å². The van der Waals surface area contributed by atoms with Gasteiger partial charge in [-0.3, -0.25) is 19.6 Å². The first-order valence-electron chi connectivity index (χ1n) is 12.0. The lowest BCUT2D eigenvalue weighted by molar-refractivity contribution is -0.147. The Hall–Kier alpha value is -4.09. The molecule has 0 radical (unpaired) electrons. The van der Waals surface area contributed by atoms with E-state index in [-0.39, 0.29) is 25.4 Å². The van der Waals surface area contributed by atoms with Crippen LogP contribution < -0.4 is 21.7 Å². The molecule has 12 nitrogen and oxygen atoms in total. The lowest BCUT2D eigenvalue weighted by Gasteiger charge is -2.25. The SMILES string of the molecule is CCOC(=O)C(CCCNC(=N)N)NC(=O)C(Cc1cn(C=O)c2ccccc12)NC(=O)OC(C)(C)C. The zero-order valence-electron chi connectivity index (χ0n) is 21.6. The number of alkyl carbamates (subject to hydrolysis) is 1. The van der Waals surface area contributed by atoms with Crippen molar-refractivity contribution in [1.29, 1.82) is 5.41 Å². The second-order valence-electron chi connectivity index (χ2n) is 9.38. The zero-order valence-corrected chi connectivity index (χ0v) is 21.6. The molecule has 202 valence electrons. The molecule has 0 aliphatic heterocycles. The van der Waals surface area contributed by atoms with Gasteiger partial charge in [0.2, 0.25) is 12.3 Å². The van der Waals surface area contributed by atoms with Crippen molar-refractivity contribution in [1.82, 2.24) is 20.5 Å². The first-order valence-corrected chi connectivity index (χ1v) is 12.0. The van der Waals surface area contributed by atoms with Crippen molar-refractivity contribution >= 4 is 41.2 Å². The number of fused-ring (bicyclic) bond motifs is 1. The maximum Gasteiger partial charge on any atom is 0.408 e. The van der Waals surface area contributed by atoms with E-state index in [1.807, 2.05) is 12.1 Å². The Morgan fingerprint density at radius 3 is 2.49 bits per heavy atom. The third-order valence-electron chi connectivity index (χ3n) is 5.24. The summed E-state index contributed by atoms with van der Waals surface area (Å²) in [6.07, 6.45) is 2.13. The number of rotatable bonds is 12. The van der Waals surface area contributed by atoms with Gasteiger partial charge in [0.15, 0.2) is 5.96 Å². The highest BCUT2D eigenvalue weighted by Crippen LogP contribution is 2.22. The molecule has 0 aliphatic carbocycles. The number of hydrogen-bond acceptors (Lipinski definition) is 7. The molecule has 1 heterocycles. The zero-order chi connectivity index (χ0) is 27.6. The molecule has 1 aromatic heterocycles. The predicted octanol–water partition coefficient (Wildman–Crippen LogP) is 1.43. The number of amides is 2. The lowest BCUT2D eigenvalue weighted by Crippen LogP contribution is -2.53. The van der Waals surface area contributed by atoms with Crippen LogP contribution in [0.3, 0.4) is 0 Å². The Bertz CT molecular complexity index is 1120. The van der Waals surface area contributed by atoms with Crippen LogP contribution in [-0.4, -0.2) is 65.7 Å². The van der Waals surface area contributed by atoms with Crippen molar-refractivity contribution < 1.29 is 28.7 Å². The summed E-state index contributed by atoms with van der Waals surface area (Å²) in [6, 6.07) is 5.09. The van der Waals surface area contributed by atoms with Crippen molar-refractivity contribution in [2.75, 3.05) is 13.2 Å². The second kappa shape index (κ2) is 13.3. The van der Waals surface area contributed by atoms with Crippen LogP contribution in [0.5, 0.6) is 0 Å². The number of carbonyl (C=O) groups is 4. The summed E-state index contributed by atoms with van der Waals surface area (Å²) in [5.74, 6) is -1.44. The molecule has 0 bridgehead atoms. The summed E-state index contributed by atoms with van der Waals surface area (Å²) >= 11 is 0. The van der Waals surface area contributed by atoms with Crippen molar-refractivity contribution in [3.63, 3.8) is 0 Å². The fraction of sp³-hybridized carbons (Fsp3) is 0.480. The Balaban J connectivity index is 2.29. The van der Waals surface area contributed by atoms with E-state index in [9.17, 15) is 19.2 Å². The number of nitrogens with zero attached hydrogens (tertiary/aromatic N) is 1. The monoisotopic (exact) mass is 516 g/mol. The van der Waals surface area contributed by atoms with Gasteiger partial charge in [-0.15, -0.1) is 0 Å². The number of carbonyl (C=O) groups excluding carboxylic acids is 4. The number of para-hydroxylation sites is 1. The molecular formula is C25H36N6O6. The number of esters is 1. The minimum absolute atomic E-state index is 0.0356. The van der Waals surface area contributed by atoms with Crippen LogP contribution in [0.25, 0.3) is 10.9 Å². The number of nitrogens with two attached hydrogens (primary N) is 1. The lowest BCUT2D eigenvalue weighted by atomic mass is 10.0. The molecule has 0 saturated carbocycles. The van der Waals surface area contributed by atoms with Gasteiger partial charge in [0.25, 0.3) is 0 Å². The van der Waals surface area contributed by atoms with Gasteiger partial charge >= 0.3 is 12.1 Å². The highest BCUT2D eigenvalue weighted by atomic mass is 16.6. The highest BCUT2D eigenvalue weighted by molar-refractivity contribution is 5.92. The molecule has 2 rings (SSSR count). The second-order valence-corrected chi connectivity index (χ2v) is 9.38. The third kappa shape index (κ3) is 9.13. The van der Waals surface area contributed by atoms with Crippen molar-refractivity contribution in [3.8, 4) is 0 Å². The topological polar surface area (TPSA) is 178 Å². The molecule has 0 aliphatic rings. The van der Waals surface area contributed by atoms with E-state index < -0.39 is 35.7 Å². The minimum atomic E-state index is -1.12. The number of ether oxygens (including phenoxy) is 2. The Morgan fingerprint density at radius 1 is 1.16 bits per heavy atom. The van der Waals surface area contributed by atoms with Crippen LogP contribution in [-0.2, 0) is 30.3 Å². The molecule has 0 fully saturated rings. The van der Waals surface area contributed by atoms with E-state index in [1.165, 1.54) is 4.57 Å². The third-order valence-corrected chi connectivity index (χ3v) is 5.24. The molecule has 2 amide bonds. The predicted molar refractivity (Wildman–Crippen MR) is 139 cm³/mol. The number of guanidine groups is 1. The number of aromatic nitrogens is 1. The van der Waals surface area contributed by atoms with Crippen LogP contribution >= 0.6 is 0 Å². The van der Waals surface area contributed by atoms with Crippen LogP contribution in [0.1, 0.15) is 46.1 Å². The average molecular weight is 517 g/mol. The molecule has 2 aromatic rings. The number of benzene rings is 1. The maximum atomic E-state index is 13.4. The fourth-order valence-electron chi connectivity index (χ4n) is 3.70.